The third kappa shape index (κ3) is 2.41. The molecule has 104 valence electrons. The second-order valence-corrected chi connectivity index (χ2v) is 6.03. The molecule has 1 aromatic heterocycles. The standard InChI is InChI=1S/C15H16N2O2S/c1-9-13(14(18)19)20-15(16-9)17-12-8-4-6-10-5-2-3-7-11(10)12/h2-3,5,7,12H,4,6,8H2,1H3,(H,16,17)(H,18,19)/t12-/m0/s1. The summed E-state index contributed by atoms with van der Waals surface area (Å²) >= 11 is 1.21. The van der Waals surface area contributed by atoms with Crippen molar-refractivity contribution in [1.82, 2.24) is 4.98 Å². The predicted octanol–water partition coefficient (Wildman–Crippen LogP) is 3.64. The number of rotatable bonds is 3. The van der Waals surface area contributed by atoms with Crippen molar-refractivity contribution < 1.29 is 9.90 Å². The Hall–Kier alpha value is -1.88. The Kier molecular flexibility index (Phi) is 3.44. The van der Waals surface area contributed by atoms with Crippen LogP contribution in [-0.4, -0.2) is 16.1 Å². The number of hydrogen-bond acceptors (Lipinski definition) is 4. The van der Waals surface area contributed by atoms with Gasteiger partial charge in [0.25, 0.3) is 0 Å². The molecule has 0 spiro atoms. The number of aromatic carboxylic acids is 1. The van der Waals surface area contributed by atoms with Crippen LogP contribution in [0.15, 0.2) is 24.3 Å². The van der Waals surface area contributed by atoms with Crippen molar-refractivity contribution in [2.45, 2.75) is 32.2 Å². The highest BCUT2D eigenvalue weighted by Crippen LogP contribution is 2.34. The average Bonchev–Trinajstić information content (AvgIpc) is 2.80. The lowest BCUT2D eigenvalue weighted by Crippen LogP contribution is -2.17. The molecule has 0 radical (unpaired) electrons. The molecule has 1 heterocycles. The Morgan fingerprint density at radius 1 is 1.45 bits per heavy atom. The number of hydrogen-bond donors (Lipinski definition) is 2. The van der Waals surface area contributed by atoms with Crippen molar-refractivity contribution in [3.8, 4) is 0 Å². The summed E-state index contributed by atoms with van der Waals surface area (Å²) in [5, 5.41) is 13.2. The molecular weight excluding hydrogens is 272 g/mol. The van der Waals surface area contributed by atoms with Gasteiger partial charge < -0.3 is 10.4 Å². The first kappa shape index (κ1) is 13.1. The van der Waals surface area contributed by atoms with Crippen LogP contribution >= 0.6 is 11.3 Å². The Balaban J connectivity index is 1.86. The normalized spacial score (nSPS) is 17.6. The molecule has 1 aliphatic rings. The lowest BCUT2D eigenvalue weighted by atomic mass is 9.88. The van der Waals surface area contributed by atoms with Crippen LogP contribution in [0.3, 0.4) is 0 Å². The summed E-state index contributed by atoms with van der Waals surface area (Å²) in [4.78, 5) is 15.7. The van der Waals surface area contributed by atoms with Crippen molar-refractivity contribution in [3.05, 3.63) is 46.0 Å². The SMILES string of the molecule is Cc1nc(N[C@H]2CCCc3ccccc32)sc1C(=O)O. The van der Waals surface area contributed by atoms with E-state index in [1.165, 1.54) is 22.5 Å². The molecule has 4 nitrogen and oxygen atoms in total. The van der Waals surface area contributed by atoms with E-state index in [1.807, 2.05) is 0 Å². The van der Waals surface area contributed by atoms with Gasteiger partial charge in [0.05, 0.1) is 11.7 Å². The summed E-state index contributed by atoms with van der Waals surface area (Å²) < 4.78 is 0. The van der Waals surface area contributed by atoms with E-state index in [1.54, 1.807) is 6.92 Å². The number of carboxylic acid groups (broad SMARTS) is 1. The van der Waals surface area contributed by atoms with Gasteiger partial charge in [0, 0.05) is 0 Å². The lowest BCUT2D eigenvalue weighted by molar-refractivity contribution is 0.0701. The number of anilines is 1. The number of aryl methyl sites for hydroxylation is 2. The van der Waals surface area contributed by atoms with Crippen LogP contribution in [0.5, 0.6) is 0 Å². The average molecular weight is 288 g/mol. The fourth-order valence-corrected chi connectivity index (χ4v) is 3.57. The summed E-state index contributed by atoms with van der Waals surface area (Å²) in [6, 6.07) is 8.66. The van der Waals surface area contributed by atoms with Crippen LogP contribution < -0.4 is 5.32 Å². The van der Waals surface area contributed by atoms with Crippen molar-refractivity contribution in [2.75, 3.05) is 5.32 Å². The molecule has 0 unspecified atom stereocenters. The number of carbonyl (C=O) groups is 1. The van der Waals surface area contributed by atoms with Crippen LogP contribution in [0.25, 0.3) is 0 Å². The second-order valence-electron chi connectivity index (χ2n) is 5.03. The Labute approximate surface area is 121 Å². The van der Waals surface area contributed by atoms with Gasteiger partial charge in [-0.25, -0.2) is 9.78 Å². The largest absolute Gasteiger partial charge is 0.477 e. The quantitative estimate of drug-likeness (QED) is 0.905. The molecule has 5 heteroatoms. The molecule has 0 saturated heterocycles. The first-order valence-corrected chi connectivity index (χ1v) is 7.52. The van der Waals surface area contributed by atoms with E-state index in [4.69, 9.17) is 5.11 Å². The molecule has 3 rings (SSSR count). The lowest BCUT2D eigenvalue weighted by Gasteiger charge is -2.26. The van der Waals surface area contributed by atoms with Crippen LogP contribution in [0.4, 0.5) is 5.13 Å². The summed E-state index contributed by atoms with van der Waals surface area (Å²) in [7, 11) is 0. The molecule has 1 aromatic carbocycles. The van der Waals surface area contributed by atoms with E-state index in [2.05, 4.69) is 34.6 Å². The number of aromatic nitrogens is 1. The maximum atomic E-state index is 11.1. The van der Waals surface area contributed by atoms with Gasteiger partial charge in [-0.05, 0) is 37.3 Å². The molecular formula is C15H16N2O2S. The first-order chi connectivity index (χ1) is 9.65. The van der Waals surface area contributed by atoms with Gasteiger partial charge in [0.15, 0.2) is 5.13 Å². The molecule has 0 bridgehead atoms. The highest BCUT2D eigenvalue weighted by molar-refractivity contribution is 7.17. The smallest absolute Gasteiger partial charge is 0.347 e. The molecule has 2 aromatic rings. The van der Waals surface area contributed by atoms with Crippen LogP contribution in [0, 0.1) is 6.92 Å². The minimum absolute atomic E-state index is 0.229. The van der Waals surface area contributed by atoms with Gasteiger partial charge in [-0.15, -0.1) is 0 Å². The van der Waals surface area contributed by atoms with Crippen LogP contribution in [0.1, 0.15) is 45.4 Å². The molecule has 0 saturated carbocycles. The molecule has 1 aliphatic carbocycles. The van der Waals surface area contributed by atoms with E-state index < -0.39 is 5.97 Å². The van der Waals surface area contributed by atoms with Gasteiger partial charge in [-0.3, -0.25) is 0 Å². The minimum atomic E-state index is -0.905. The summed E-state index contributed by atoms with van der Waals surface area (Å²) in [6.45, 7) is 1.74. The van der Waals surface area contributed by atoms with Crippen LogP contribution in [0.2, 0.25) is 0 Å². The number of nitrogens with zero attached hydrogens (tertiary/aromatic N) is 1. The minimum Gasteiger partial charge on any atom is -0.477 e. The highest BCUT2D eigenvalue weighted by atomic mass is 32.1. The van der Waals surface area contributed by atoms with E-state index >= 15 is 0 Å². The van der Waals surface area contributed by atoms with Gasteiger partial charge in [0.2, 0.25) is 0 Å². The van der Waals surface area contributed by atoms with E-state index in [0.717, 1.165) is 19.3 Å². The number of nitrogens with one attached hydrogen (secondary N) is 1. The topological polar surface area (TPSA) is 62.2 Å². The fraction of sp³-hybridized carbons (Fsp3) is 0.333. The fourth-order valence-electron chi connectivity index (χ4n) is 2.71. The second kappa shape index (κ2) is 5.25. The van der Waals surface area contributed by atoms with Gasteiger partial charge in [0.1, 0.15) is 4.88 Å². The van der Waals surface area contributed by atoms with Crippen molar-refractivity contribution in [2.24, 2.45) is 0 Å². The number of carboxylic acids is 1. The van der Waals surface area contributed by atoms with E-state index in [9.17, 15) is 4.79 Å². The van der Waals surface area contributed by atoms with Crippen molar-refractivity contribution >= 4 is 22.4 Å². The van der Waals surface area contributed by atoms with Gasteiger partial charge in [-0.1, -0.05) is 35.6 Å². The molecule has 0 aliphatic heterocycles. The molecule has 1 atom stereocenters. The third-order valence-electron chi connectivity index (χ3n) is 3.66. The number of benzene rings is 1. The van der Waals surface area contributed by atoms with E-state index in [-0.39, 0.29) is 6.04 Å². The molecule has 0 amide bonds. The zero-order valence-corrected chi connectivity index (χ0v) is 12.0. The zero-order chi connectivity index (χ0) is 14.1. The third-order valence-corrected chi connectivity index (χ3v) is 4.73. The summed E-state index contributed by atoms with van der Waals surface area (Å²) in [5.74, 6) is -0.905. The molecule has 20 heavy (non-hydrogen) atoms. The number of fused-ring (bicyclic) bond motifs is 1. The van der Waals surface area contributed by atoms with Gasteiger partial charge in [-0.2, -0.15) is 0 Å². The Morgan fingerprint density at radius 3 is 3.00 bits per heavy atom. The maximum Gasteiger partial charge on any atom is 0.347 e. The maximum absolute atomic E-state index is 11.1. The zero-order valence-electron chi connectivity index (χ0n) is 11.2. The van der Waals surface area contributed by atoms with Crippen LogP contribution in [-0.2, 0) is 6.42 Å². The van der Waals surface area contributed by atoms with Crippen molar-refractivity contribution in [1.29, 1.82) is 0 Å². The van der Waals surface area contributed by atoms with E-state index in [0.29, 0.717) is 15.7 Å². The van der Waals surface area contributed by atoms with Gasteiger partial charge >= 0.3 is 5.97 Å². The first-order valence-electron chi connectivity index (χ1n) is 6.70. The number of thiazole rings is 1. The summed E-state index contributed by atoms with van der Waals surface area (Å²) in [6.07, 6.45) is 3.31. The summed E-state index contributed by atoms with van der Waals surface area (Å²) in [5.41, 5.74) is 3.26. The monoisotopic (exact) mass is 288 g/mol. The predicted molar refractivity (Wildman–Crippen MR) is 79.6 cm³/mol. The highest BCUT2D eigenvalue weighted by Gasteiger charge is 2.22. The Bertz CT molecular complexity index is 651. The van der Waals surface area contributed by atoms with Crippen molar-refractivity contribution in [3.63, 3.8) is 0 Å². The Morgan fingerprint density at radius 2 is 2.25 bits per heavy atom. The molecule has 2 N–H and O–H groups in total. The molecule has 0 fully saturated rings.